The zero-order valence-electron chi connectivity index (χ0n) is 13.8. The highest BCUT2D eigenvalue weighted by Gasteiger charge is 1.97. The van der Waals surface area contributed by atoms with Crippen LogP contribution in [0.5, 0.6) is 0 Å². The van der Waals surface area contributed by atoms with Gasteiger partial charge in [0, 0.05) is 6.42 Å². The summed E-state index contributed by atoms with van der Waals surface area (Å²) in [5.74, 6) is 8.53. The number of allylic oxidation sites excluding steroid dienone is 5. The number of hydrogen-bond acceptors (Lipinski definition) is 1. The van der Waals surface area contributed by atoms with E-state index in [-0.39, 0.29) is 0 Å². The van der Waals surface area contributed by atoms with Crippen LogP contribution in [-0.4, -0.2) is 11.2 Å². The second-order valence-corrected chi connectivity index (χ2v) is 5.32. The molecule has 1 unspecified atom stereocenters. The fourth-order valence-corrected chi connectivity index (χ4v) is 1.95. The number of aliphatic hydroxyl groups excluding tert-OH is 1. The van der Waals surface area contributed by atoms with Gasteiger partial charge in [0.2, 0.25) is 0 Å². The van der Waals surface area contributed by atoms with Crippen LogP contribution in [0.3, 0.4) is 0 Å². The molecule has 0 aliphatic carbocycles. The zero-order valence-corrected chi connectivity index (χ0v) is 13.8. The van der Waals surface area contributed by atoms with E-state index in [0.717, 1.165) is 44.9 Å². The van der Waals surface area contributed by atoms with E-state index in [4.69, 9.17) is 6.42 Å². The molecule has 1 atom stereocenters. The molecule has 0 fully saturated rings. The summed E-state index contributed by atoms with van der Waals surface area (Å²) in [6.45, 7) is 3.70. The molecule has 1 heteroatoms. The van der Waals surface area contributed by atoms with Gasteiger partial charge in [0.1, 0.15) is 6.10 Å². The lowest BCUT2D eigenvalue weighted by atomic mass is 10.1. The monoisotopic (exact) mass is 298 g/mol. The molecule has 0 saturated heterocycles. The fourth-order valence-electron chi connectivity index (χ4n) is 1.95. The Kier molecular flexibility index (Phi) is 16.0. The number of aliphatic hydroxyl groups is 1. The van der Waals surface area contributed by atoms with Crippen molar-refractivity contribution in [3.8, 4) is 24.2 Å². The molecule has 0 rings (SSSR count). The van der Waals surface area contributed by atoms with Crippen LogP contribution in [0.25, 0.3) is 0 Å². The summed E-state index contributed by atoms with van der Waals surface area (Å²) in [4.78, 5) is 0. The average Bonchev–Trinajstić information content (AvgIpc) is 2.54. The third kappa shape index (κ3) is 16.4. The Labute approximate surface area is 137 Å². The SMILES string of the molecule is C#CC(O)CCCCCC/C=C\C=C/C#CCCCCC=C. The Hall–Kier alpha value is -1.70. The molecule has 1 nitrogen and oxygen atoms in total. The normalized spacial score (nSPS) is 12.0. The molecule has 0 heterocycles. The topological polar surface area (TPSA) is 20.2 Å². The number of terminal acetylenes is 1. The van der Waals surface area contributed by atoms with Crippen molar-refractivity contribution in [3.05, 3.63) is 37.0 Å². The second-order valence-electron chi connectivity index (χ2n) is 5.32. The van der Waals surface area contributed by atoms with Crippen molar-refractivity contribution in [2.75, 3.05) is 0 Å². The van der Waals surface area contributed by atoms with Crippen LogP contribution in [0.2, 0.25) is 0 Å². The molecule has 0 aromatic rings. The predicted molar refractivity (Wildman–Crippen MR) is 97.3 cm³/mol. The summed E-state index contributed by atoms with van der Waals surface area (Å²) in [6, 6.07) is 0. The Balaban J connectivity index is 3.40. The van der Waals surface area contributed by atoms with E-state index < -0.39 is 6.10 Å². The van der Waals surface area contributed by atoms with Gasteiger partial charge in [0.25, 0.3) is 0 Å². The first kappa shape index (κ1) is 20.3. The molecule has 22 heavy (non-hydrogen) atoms. The van der Waals surface area contributed by atoms with Crippen LogP contribution < -0.4 is 0 Å². The lowest BCUT2D eigenvalue weighted by molar-refractivity contribution is 0.217. The van der Waals surface area contributed by atoms with Crippen molar-refractivity contribution < 1.29 is 5.11 Å². The van der Waals surface area contributed by atoms with Gasteiger partial charge < -0.3 is 5.11 Å². The number of hydrogen-bond donors (Lipinski definition) is 1. The summed E-state index contributed by atoms with van der Waals surface area (Å²) in [7, 11) is 0. The predicted octanol–water partition coefficient (Wildman–Crippen LogP) is 5.18. The summed E-state index contributed by atoms with van der Waals surface area (Å²) in [6.07, 6.45) is 25.4. The van der Waals surface area contributed by atoms with E-state index in [2.05, 4.69) is 36.5 Å². The molecule has 0 aliphatic heterocycles. The van der Waals surface area contributed by atoms with Crippen LogP contribution in [0.4, 0.5) is 0 Å². The first-order chi connectivity index (χ1) is 10.8. The van der Waals surface area contributed by atoms with E-state index in [9.17, 15) is 5.11 Å². The van der Waals surface area contributed by atoms with Crippen molar-refractivity contribution in [3.63, 3.8) is 0 Å². The first-order valence-corrected chi connectivity index (χ1v) is 8.36. The Morgan fingerprint density at radius 3 is 2.55 bits per heavy atom. The molecule has 0 amide bonds. The molecule has 1 N–H and O–H groups in total. The van der Waals surface area contributed by atoms with Crippen molar-refractivity contribution in [2.45, 2.75) is 70.3 Å². The maximum Gasteiger partial charge on any atom is 0.114 e. The number of unbranched alkanes of at least 4 members (excludes halogenated alkanes) is 7. The molecule has 0 aromatic heterocycles. The van der Waals surface area contributed by atoms with E-state index in [1.165, 1.54) is 19.3 Å². The van der Waals surface area contributed by atoms with Gasteiger partial charge in [-0.1, -0.05) is 54.9 Å². The van der Waals surface area contributed by atoms with Crippen molar-refractivity contribution in [1.29, 1.82) is 0 Å². The van der Waals surface area contributed by atoms with Gasteiger partial charge in [-0.2, -0.15) is 0 Å². The largest absolute Gasteiger partial charge is 0.380 e. The quantitative estimate of drug-likeness (QED) is 0.228. The minimum Gasteiger partial charge on any atom is -0.380 e. The Morgan fingerprint density at radius 1 is 1.00 bits per heavy atom. The zero-order chi connectivity index (χ0) is 16.3. The Bertz CT molecular complexity index is 411. The van der Waals surface area contributed by atoms with Crippen LogP contribution in [0.15, 0.2) is 37.0 Å². The highest BCUT2D eigenvalue weighted by atomic mass is 16.3. The van der Waals surface area contributed by atoms with E-state index >= 15 is 0 Å². The summed E-state index contributed by atoms with van der Waals surface area (Å²) in [5, 5.41) is 9.20. The van der Waals surface area contributed by atoms with Gasteiger partial charge in [0.15, 0.2) is 0 Å². The van der Waals surface area contributed by atoms with Gasteiger partial charge in [-0.15, -0.1) is 13.0 Å². The molecule has 0 bridgehead atoms. The lowest BCUT2D eigenvalue weighted by Crippen LogP contribution is -2.01. The highest BCUT2D eigenvalue weighted by Crippen LogP contribution is 2.07. The number of rotatable bonds is 12. The van der Waals surface area contributed by atoms with Crippen LogP contribution in [0, 0.1) is 24.2 Å². The Morgan fingerprint density at radius 2 is 1.77 bits per heavy atom. The smallest absolute Gasteiger partial charge is 0.114 e. The third-order valence-electron chi connectivity index (χ3n) is 3.28. The van der Waals surface area contributed by atoms with Gasteiger partial charge in [-0.25, -0.2) is 0 Å². The minimum atomic E-state index is -0.562. The standard InChI is InChI=1S/C21H30O/c1-3-5-6-7-8-9-10-11-12-13-14-15-16-17-18-19-20-21(22)4-2/h2-3,11-14,21-22H,1,5-8,15-20H2/b12-11-,14-13-. The summed E-state index contributed by atoms with van der Waals surface area (Å²) < 4.78 is 0. The average molecular weight is 298 g/mol. The molecular weight excluding hydrogens is 268 g/mol. The van der Waals surface area contributed by atoms with E-state index in [0.29, 0.717) is 0 Å². The molecule has 0 radical (unpaired) electrons. The fraction of sp³-hybridized carbons (Fsp3) is 0.524. The van der Waals surface area contributed by atoms with E-state index in [1.807, 2.05) is 18.2 Å². The van der Waals surface area contributed by atoms with Crippen LogP contribution in [0.1, 0.15) is 64.2 Å². The third-order valence-corrected chi connectivity index (χ3v) is 3.28. The molecular formula is C21H30O. The van der Waals surface area contributed by atoms with Gasteiger partial charge in [-0.3, -0.25) is 0 Å². The van der Waals surface area contributed by atoms with Crippen LogP contribution in [-0.2, 0) is 0 Å². The molecule has 0 saturated carbocycles. The van der Waals surface area contributed by atoms with Crippen molar-refractivity contribution in [1.82, 2.24) is 0 Å². The maximum absolute atomic E-state index is 9.20. The lowest BCUT2D eigenvalue weighted by Gasteiger charge is -2.02. The first-order valence-electron chi connectivity index (χ1n) is 8.36. The second kappa shape index (κ2) is 17.4. The van der Waals surface area contributed by atoms with Gasteiger partial charge in [-0.05, 0) is 51.0 Å². The molecule has 0 spiro atoms. The highest BCUT2D eigenvalue weighted by molar-refractivity contribution is 5.19. The summed E-state index contributed by atoms with van der Waals surface area (Å²) in [5.41, 5.74) is 0. The molecule has 0 aliphatic rings. The molecule has 0 aromatic carbocycles. The summed E-state index contributed by atoms with van der Waals surface area (Å²) >= 11 is 0. The van der Waals surface area contributed by atoms with Crippen molar-refractivity contribution in [2.24, 2.45) is 0 Å². The minimum absolute atomic E-state index is 0.562. The maximum atomic E-state index is 9.20. The van der Waals surface area contributed by atoms with E-state index in [1.54, 1.807) is 0 Å². The van der Waals surface area contributed by atoms with Gasteiger partial charge in [0.05, 0.1) is 0 Å². The van der Waals surface area contributed by atoms with Gasteiger partial charge >= 0.3 is 0 Å². The molecule has 120 valence electrons. The van der Waals surface area contributed by atoms with Crippen LogP contribution >= 0.6 is 0 Å². The van der Waals surface area contributed by atoms with Crippen molar-refractivity contribution >= 4 is 0 Å².